The van der Waals surface area contributed by atoms with Gasteiger partial charge in [0, 0.05) is 11.6 Å². The summed E-state index contributed by atoms with van der Waals surface area (Å²) < 4.78 is 5.73. The molecule has 0 radical (unpaired) electrons. The van der Waals surface area contributed by atoms with Crippen LogP contribution in [0.4, 0.5) is 10.9 Å². The number of hydrogen-bond acceptors (Lipinski definition) is 7. The Kier molecular flexibility index (Phi) is 4.80. The lowest BCUT2D eigenvalue weighted by atomic mass is 10.2. The Labute approximate surface area is 137 Å². The number of nitrogens with zero attached hydrogens (tertiary/aromatic N) is 3. The van der Waals surface area contributed by atoms with Crippen LogP contribution in [0.3, 0.4) is 0 Å². The molecule has 0 aliphatic carbocycles. The fourth-order valence-electron chi connectivity index (χ4n) is 1.82. The highest BCUT2D eigenvalue weighted by Crippen LogP contribution is 2.17. The van der Waals surface area contributed by atoms with Gasteiger partial charge in [-0.15, -0.1) is 11.3 Å². The normalized spacial score (nSPS) is 10.8. The van der Waals surface area contributed by atoms with E-state index in [0.717, 1.165) is 17.0 Å². The fraction of sp³-hybridized carbons (Fsp3) is 0.0625. The SMILES string of the molecule is Nc1csc(NN=Cc2cccc(OCc3ccccn3)c2)n1. The van der Waals surface area contributed by atoms with Gasteiger partial charge in [-0.2, -0.15) is 5.10 Å². The third-order valence-corrected chi connectivity index (χ3v) is 3.63. The van der Waals surface area contributed by atoms with Crippen molar-refractivity contribution in [1.82, 2.24) is 9.97 Å². The number of anilines is 2. The maximum Gasteiger partial charge on any atom is 0.205 e. The van der Waals surface area contributed by atoms with E-state index in [1.165, 1.54) is 11.3 Å². The van der Waals surface area contributed by atoms with Crippen molar-refractivity contribution < 1.29 is 4.74 Å². The number of ether oxygens (including phenoxy) is 1. The molecule has 3 rings (SSSR count). The molecule has 0 bridgehead atoms. The van der Waals surface area contributed by atoms with E-state index in [4.69, 9.17) is 10.5 Å². The first-order valence-electron chi connectivity index (χ1n) is 6.92. The van der Waals surface area contributed by atoms with Gasteiger partial charge in [0.15, 0.2) is 0 Å². The van der Waals surface area contributed by atoms with E-state index in [0.29, 0.717) is 17.6 Å². The third kappa shape index (κ3) is 4.52. The number of thiazole rings is 1. The van der Waals surface area contributed by atoms with Crippen LogP contribution in [0, 0.1) is 0 Å². The summed E-state index contributed by atoms with van der Waals surface area (Å²) in [5.74, 6) is 1.25. The molecule has 23 heavy (non-hydrogen) atoms. The lowest BCUT2D eigenvalue weighted by molar-refractivity contribution is 0.301. The third-order valence-electron chi connectivity index (χ3n) is 2.87. The number of hydrazone groups is 1. The van der Waals surface area contributed by atoms with Crippen LogP contribution in [0.1, 0.15) is 11.3 Å². The molecule has 0 aliphatic rings. The smallest absolute Gasteiger partial charge is 0.205 e. The van der Waals surface area contributed by atoms with E-state index < -0.39 is 0 Å². The standard InChI is InChI=1S/C16H15N5OS/c17-15-11-23-16(20-15)21-19-9-12-4-3-6-14(8-12)22-10-13-5-1-2-7-18-13/h1-9,11H,10,17H2,(H,20,21). The van der Waals surface area contributed by atoms with E-state index >= 15 is 0 Å². The van der Waals surface area contributed by atoms with E-state index in [1.54, 1.807) is 17.8 Å². The van der Waals surface area contributed by atoms with Crippen LogP contribution in [0.5, 0.6) is 5.75 Å². The molecule has 6 nitrogen and oxygen atoms in total. The van der Waals surface area contributed by atoms with Crippen molar-refractivity contribution in [3.8, 4) is 5.75 Å². The Morgan fingerprint density at radius 3 is 3.00 bits per heavy atom. The molecule has 0 atom stereocenters. The van der Waals surface area contributed by atoms with Crippen molar-refractivity contribution in [2.24, 2.45) is 5.10 Å². The van der Waals surface area contributed by atoms with E-state index in [1.807, 2.05) is 42.5 Å². The number of nitrogen functional groups attached to an aromatic ring is 1. The van der Waals surface area contributed by atoms with Gasteiger partial charge >= 0.3 is 0 Å². The molecule has 3 aromatic rings. The molecule has 0 aliphatic heterocycles. The Morgan fingerprint density at radius 2 is 2.22 bits per heavy atom. The predicted octanol–water partition coefficient (Wildman–Crippen LogP) is 3.15. The van der Waals surface area contributed by atoms with Crippen molar-refractivity contribution in [2.45, 2.75) is 6.61 Å². The molecule has 2 aromatic heterocycles. The zero-order chi connectivity index (χ0) is 15.9. The topological polar surface area (TPSA) is 85.4 Å². The first-order chi connectivity index (χ1) is 11.3. The van der Waals surface area contributed by atoms with Crippen molar-refractivity contribution in [3.63, 3.8) is 0 Å². The van der Waals surface area contributed by atoms with E-state index in [-0.39, 0.29) is 0 Å². The van der Waals surface area contributed by atoms with Crippen LogP contribution < -0.4 is 15.9 Å². The Hall–Kier alpha value is -2.93. The molecule has 0 fully saturated rings. The molecule has 7 heteroatoms. The summed E-state index contributed by atoms with van der Waals surface area (Å²) in [4.78, 5) is 8.29. The van der Waals surface area contributed by atoms with Gasteiger partial charge in [-0.25, -0.2) is 4.98 Å². The average molecular weight is 325 g/mol. The zero-order valence-electron chi connectivity index (χ0n) is 12.2. The number of benzene rings is 1. The minimum absolute atomic E-state index is 0.429. The van der Waals surface area contributed by atoms with Gasteiger partial charge in [0.1, 0.15) is 18.2 Å². The van der Waals surface area contributed by atoms with Gasteiger partial charge in [-0.1, -0.05) is 18.2 Å². The molecule has 1 aromatic carbocycles. The lowest BCUT2D eigenvalue weighted by Gasteiger charge is -2.06. The molecule has 0 saturated heterocycles. The highest BCUT2D eigenvalue weighted by Gasteiger charge is 1.98. The second kappa shape index (κ2) is 7.37. The minimum Gasteiger partial charge on any atom is -0.487 e. The molecule has 0 unspecified atom stereocenters. The van der Waals surface area contributed by atoms with Gasteiger partial charge in [-0.05, 0) is 29.8 Å². The molecular formula is C16H15N5OS. The molecule has 3 N–H and O–H groups in total. The Morgan fingerprint density at radius 1 is 1.26 bits per heavy atom. The van der Waals surface area contributed by atoms with Gasteiger partial charge in [0.2, 0.25) is 5.13 Å². The second-order valence-electron chi connectivity index (χ2n) is 4.63. The fourth-order valence-corrected chi connectivity index (χ4v) is 2.37. The van der Waals surface area contributed by atoms with Crippen LogP contribution in [-0.4, -0.2) is 16.2 Å². The summed E-state index contributed by atoms with van der Waals surface area (Å²) in [6.07, 6.45) is 3.45. The largest absolute Gasteiger partial charge is 0.487 e. The summed E-state index contributed by atoms with van der Waals surface area (Å²) in [5.41, 5.74) is 10.2. The average Bonchev–Trinajstić information content (AvgIpc) is 3.00. The van der Waals surface area contributed by atoms with Crippen LogP contribution in [0.2, 0.25) is 0 Å². The maximum absolute atomic E-state index is 5.73. The van der Waals surface area contributed by atoms with Crippen molar-refractivity contribution in [1.29, 1.82) is 0 Å². The first-order valence-corrected chi connectivity index (χ1v) is 7.80. The molecule has 0 spiro atoms. The maximum atomic E-state index is 5.73. The number of nitrogens with one attached hydrogen (secondary N) is 1. The number of nitrogens with two attached hydrogens (primary N) is 1. The second-order valence-corrected chi connectivity index (χ2v) is 5.49. The molecule has 2 heterocycles. The number of pyridine rings is 1. The van der Waals surface area contributed by atoms with Crippen LogP contribution in [0.15, 0.2) is 59.1 Å². The van der Waals surface area contributed by atoms with Crippen molar-refractivity contribution >= 4 is 28.5 Å². The van der Waals surface area contributed by atoms with Gasteiger partial charge in [0.05, 0.1) is 11.9 Å². The van der Waals surface area contributed by atoms with Gasteiger partial charge in [-0.3, -0.25) is 10.4 Å². The summed E-state index contributed by atoms with van der Waals surface area (Å²) in [7, 11) is 0. The summed E-state index contributed by atoms with van der Waals surface area (Å²) in [5, 5.41) is 6.54. The highest BCUT2D eigenvalue weighted by molar-refractivity contribution is 7.14. The van der Waals surface area contributed by atoms with Gasteiger partial charge < -0.3 is 10.5 Å². The molecule has 116 valence electrons. The Bertz CT molecular complexity index is 788. The summed E-state index contributed by atoms with van der Waals surface area (Å²) in [6, 6.07) is 13.4. The quantitative estimate of drug-likeness (QED) is 0.537. The lowest BCUT2D eigenvalue weighted by Crippen LogP contribution is -1.98. The summed E-state index contributed by atoms with van der Waals surface area (Å²) >= 11 is 1.40. The van der Waals surface area contributed by atoms with Crippen LogP contribution >= 0.6 is 11.3 Å². The monoisotopic (exact) mass is 325 g/mol. The number of aromatic nitrogens is 2. The Balaban J connectivity index is 1.58. The number of rotatable bonds is 6. The predicted molar refractivity (Wildman–Crippen MR) is 92.8 cm³/mol. The first kappa shape index (κ1) is 15.0. The number of hydrogen-bond donors (Lipinski definition) is 2. The molecular weight excluding hydrogens is 310 g/mol. The van der Waals surface area contributed by atoms with Gasteiger partial charge in [0.25, 0.3) is 0 Å². The minimum atomic E-state index is 0.429. The van der Waals surface area contributed by atoms with E-state index in [9.17, 15) is 0 Å². The van der Waals surface area contributed by atoms with Crippen molar-refractivity contribution in [2.75, 3.05) is 11.2 Å². The van der Waals surface area contributed by atoms with Crippen LogP contribution in [-0.2, 0) is 6.61 Å². The van der Waals surface area contributed by atoms with E-state index in [2.05, 4.69) is 20.5 Å². The molecule has 0 saturated carbocycles. The molecule has 0 amide bonds. The highest BCUT2D eigenvalue weighted by atomic mass is 32.1. The van der Waals surface area contributed by atoms with Crippen molar-refractivity contribution in [3.05, 3.63) is 65.3 Å². The summed E-state index contributed by atoms with van der Waals surface area (Å²) in [6.45, 7) is 0.429. The van der Waals surface area contributed by atoms with Crippen LogP contribution in [0.25, 0.3) is 0 Å². The zero-order valence-corrected chi connectivity index (χ0v) is 13.0.